The number of rotatable bonds is 11. The molecule has 174 valence electrons. The van der Waals surface area contributed by atoms with E-state index >= 15 is 0 Å². The lowest BCUT2D eigenvalue weighted by Gasteiger charge is -2.45. The Bertz CT molecular complexity index is 953. The Labute approximate surface area is 199 Å². The lowest BCUT2D eigenvalue weighted by Crippen LogP contribution is -2.38. The maximum Gasteiger partial charge on any atom is 0.309 e. The van der Waals surface area contributed by atoms with Crippen molar-refractivity contribution in [3.05, 3.63) is 108 Å². The molecule has 1 N–H and O–H groups in total. The summed E-state index contributed by atoms with van der Waals surface area (Å²) in [6.45, 7) is 8.29. The predicted octanol–water partition coefficient (Wildman–Crippen LogP) is 8.08. The van der Waals surface area contributed by atoms with Gasteiger partial charge in [0.1, 0.15) is 0 Å². The van der Waals surface area contributed by atoms with E-state index in [1.165, 1.54) is 16.7 Å². The number of carboxylic acid groups (broad SMARTS) is 1. The minimum Gasteiger partial charge on any atom is -0.481 e. The fourth-order valence-electron chi connectivity index (χ4n) is 5.00. The third kappa shape index (κ3) is 5.55. The molecular weight excluding hydrogens is 404 g/mol. The molecule has 0 heterocycles. The zero-order valence-corrected chi connectivity index (χ0v) is 20.5. The number of aliphatic carboxylic acids is 1. The van der Waals surface area contributed by atoms with Crippen molar-refractivity contribution in [3.63, 3.8) is 0 Å². The topological polar surface area (TPSA) is 37.3 Å². The van der Waals surface area contributed by atoms with Gasteiger partial charge in [0.05, 0.1) is 5.41 Å². The summed E-state index contributed by atoms with van der Waals surface area (Å²) < 4.78 is 0. The van der Waals surface area contributed by atoms with Crippen LogP contribution in [0.15, 0.2) is 91.0 Å². The Balaban J connectivity index is 2.29. The summed E-state index contributed by atoms with van der Waals surface area (Å²) in [6.07, 6.45) is 3.51. The molecule has 3 aromatic carbocycles. The smallest absolute Gasteiger partial charge is 0.309 e. The summed E-state index contributed by atoms with van der Waals surface area (Å²) >= 11 is 0. The molecule has 33 heavy (non-hydrogen) atoms. The van der Waals surface area contributed by atoms with Gasteiger partial charge in [-0.2, -0.15) is 0 Å². The third-order valence-electron chi connectivity index (χ3n) is 7.43. The van der Waals surface area contributed by atoms with Crippen molar-refractivity contribution in [2.24, 2.45) is 11.3 Å². The first-order valence-electron chi connectivity index (χ1n) is 12.2. The molecule has 0 amide bonds. The van der Waals surface area contributed by atoms with Crippen LogP contribution in [0.1, 0.15) is 76.0 Å². The molecule has 3 aromatic rings. The van der Waals surface area contributed by atoms with Crippen molar-refractivity contribution in [2.75, 3.05) is 0 Å². The minimum absolute atomic E-state index is 0.225. The average Bonchev–Trinajstić information content (AvgIpc) is 2.85. The van der Waals surface area contributed by atoms with Gasteiger partial charge in [0.25, 0.3) is 0 Å². The summed E-state index contributed by atoms with van der Waals surface area (Å²) in [7, 11) is 0. The first-order valence-corrected chi connectivity index (χ1v) is 12.2. The van der Waals surface area contributed by atoms with Crippen LogP contribution in [-0.2, 0) is 10.2 Å². The Hall–Kier alpha value is -2.87. The molecule has 3 rings (SSSR count). The molecule has 0 bridgehead atoms. The highest BCUT2D eigenvalue weighted by molar-refractivity contribution is 5.73. The summed E-state index contributed by atoms with van der Waals surface area (Å²) in [4.78, 5) is 12.1. The van der Waals surface area contributed by atoms with Crippen LogP contribution in [0.25, 0.3) is 0 Å². The molecule has 2 atom stereocenters. The number of benzene rings is 3. The van der Waals surface area contributed by atoms with E-state index in [2.05, 4.69) is 105 Å². The summed E-state index contributed by atoms with van der Waals surface area (Å²) in [6, 6.07) is 32.3. The van der Waals surface area contributed by atoms with Crippen LogP contribution in [0.2, 0.25) is 0 Å². The molecule has 0 aliphatic carbocycles. The molecule has 0 fully saturated rings. The molecule has 0 saturated heterocycles. The Morgan fingerprint density at radius 3 is 1.67 bits per heavy atom. The number of hydrogen-bond acceptors (Lipinski definition) is 1. The number of carboxylic acids is 1. The summed E-state index contributed by atoms with van der Waals surface area (Å²) in [5.74, 6) is 0.0354. The minimum atomic E-state index is -0.799. The summed E-state index contributed by atoms with van der Waals surface area (Å²) in [5, 5.41) is 9.92. The SMILES string of the molecule is CCC(C)CC(c1ccccc1)C(CCC(C)(C)C(=O)O)(c1ccccc1)c1ccccc1. The maximum absolute atomic E-state index is 12.1. The van der Waals surface area contributed by atoms with Crippen LogP contribution in [-0.4, -0.2) is 11.1 Å². The molecular formula is C31H38O2. The normalized spacial score (nSPS) is 13.9. The van der Waals surface area contributed by atoms with Crippen molar-refractivity contribution in [3.8, 4) is 0 Å². The Kier molecular flexibility index (Phi) is 8.13. The molecule has 0 saturated carbocycles. The highest BCUT2D eigenvalue weighted by atomic mass is 16.4. The molecule has 0 aromatic heterocycles. The second kappa shape index (κ2) is 10.8. The Morgan fingerprint density at radius 1 is 0.788 bits per heavy atom. The molecule has 0 aliphatic rings. The highest BCUT2D eigenvalue weighted by Gasteiger charge is 2.44. The van der Waals surface area contributed by atoms with E-state index in [4.69, 9.17) is 0 Å². The van der Waals surface area contributed by atoms with Crippen LogP contribution in [0, 0.1) is 11.3 Å². The fraction of sp³-hybridized carbons (Fsp3) is 0.387. The van der Waals surface area contributed by atoms with E-state index in [-0.39, 0.29) is 11.3 Å². The van der Waals surface area contributed by atoms with E-state index < -0.39 is 11.4 Å². The quantitative estimate of drug-likeness (QED) is 0.326. The molecule has 2 unspecified atom stereocenters. The first kappa shape index (κ1) is 24.8. The Morgan fingerprint density at radius 2 is 1.24 bits per heavy atom. The van der Waals surface area contributed by atoms with Gasteiger partial charge in [-0.05, 0) is 61.6 Å². The lowest BCUT2D eigenvalue weighted by atomic mass is 9.58. The first-order chi connectivity index (χ1) is 15.8. The van der Waals surface area contributed by atoms with Gasteiger partial charge in [0.15, 0.2) is 0 Å². The van der Waals surface area contributed by atoms with Gasteiger partial charge in [0, 0.05) is 5.41 Å². The standard InChI is InChI=1S/C31H38O2/c1-5-24(2)23-28(25-15-9-6-10-16-25)31(26-17-11-7-12-18-26,27-19-13-8-14-20-27)22-21-30(3,4)29(32)33/h6-20,24,28H,5,21-23H2,1-4H3,(H,32,33). The zero-order valence-electron chi connectivity index (χ0n) is 20.5. The van der Waals surface area contributed by atoms with E-state index in [0.717, 1.165) is 19.3 Å². The highest BCUT2D eigenvalue weighted by Crippen LogP contribution is 2.52. The van der Waals surface area contributed by atoms with E-state index in [9.17, 15) is 9.90 Å². The fourth-order valence-corrected chi connectivity index (χ4v) is 5.00. The second-order valence-corrected chi connectivity index (χ2v) is 10.1. The predicted molar refractivity (Wildman–Crippen MR) is 138 cm³/mol. The van der Waals surface area contributed by atoms with Gasteiger partial charge in [-0.15, -0.1) is 0 Å². The monoisotopic (exact) mass is 442 g/mol. The van der Waals surface area contributed by atoms with Crippen LogP contribution in [0.4, 0.5) is 0 Å². The van der Waals surface area contributed by atoms with Crippen molar-refractivity contribution in [1.29, 1.82) is 0 Å². The van der Waals surface area contributed by atoms with Crippen LogP contribution >= 0.6 is 0 Å². The van der Waals surface area contributed by atoms with Gasteiger partial charge in [0.2, 0.25) is 0 Å². The van der Waals surface area contributed by atoms with Crippen molar-refractivity contribution >= 4 is 5.97 Å². The number of hydrogen-bond donors (Lipinski definition) is 1. The number of carbonyl (C=O) groups is 1. The van der Waals surface area contributed by atoms with Gasteiger partial charge in [-0.1, -0.05) is 111 Å². The van der Waals surface area contributed by atoms with E-state index in [1.54, 1.807) is 0 Å². The lowest BCUT2D eigenvalue weighted by molar-refractivity contribution is -0.147. The molecule has 0 aliphatic heterocycles. The largest absolute Gasteiger partial charge is 0.481 e. The van der Waals surface area contributed by atoms with E-state index in [1.807, 2.05) is 13.8 Å². The van der Waals surface area contributed by atoms with Crippen molar-refractivity contribution < 1.29 is 9.90 Å². The average molecular weight is 443 g/mol. The maximum atomic E-state index is 12.1. The molecule has 0 spiro atoms. The summed E-state index contributed by atoms with van der Waals surface area (Å²) in [5.41, 5.74) is 2.70. The van der Waals surface area contributed by atoms with Crippen molar-refractivity contribution in [1.82, 2.24) is 0 Å². The van der Waals surface area contributed by atoms with Gasteiger partial charge in [-0.25, -0.2) is 0 Å². The van der Waals surface area contributed by atoms with Crippen LogP contribution in [0.3, 0.4) is 0 Å². The van der Waals surface area contributed by atoms with Gasteiger partial charge >= 0.3 is 5.97 Å². The van der Waals surface area contributed by atoms with Crippen LogP contribution in [0.5, 0.6) is 0 Å². The second-order valence-electron chi connectivity index (χ2n) is 10.1. The van der Waals surface area contributed by atoms with Crippen molar-refractivity contribution in [2.45, 2.75) is 64.7 Å². The van der Waals surface area contributed by atoms with Gasteiger partial charge in [-0.3, -0.25) is 4.79 Å². The van der Waals surface area contributed by atoms with Crippen LogP contribution < -0.4 is 0 Å². The molecule has 0 radical (unpaired) electrons. The third-order valence-corrected chi connectivity index (χ3v) is 7.43. The van der Waals surface area contributed by atoms with E-state index in [0.29, 0.717) is 12.3 Å². The molecule has 2 nitrogen and oxygen atoms in total. The van der Waals surface area contributed by atoms with Gasteiger partial charge < -0.3 is 5.11 Å². The zero-order chi connectivity index (χ0) is 23.9. The molecule has 2 heteroatoms.